The zero-order valence-corrected chi connectivity index (χ0v) is 13.7. The molecule has 1 aliphatic carbocycles. The van der Waals surface area contributed by atoms with Crippen molar-refractivity contribution in [2.75, 3.05) is 6.54 Å². The topological polar surface area (TPSA) is 55.6 Å². The summed E-state index contributed by atoms with van der Waals surface area (Å²) in [4.78, 5) is 17.7. The molecule has 0 unspecified atom stereocenters. The number of rotatable bonds is 6. The number of carbonyl (C=O) groups is 1. The highest BCUT2D eigenvalue weighted by Gasteiger charge is 2.28. The van der Waals surface area contributed by atoms with Gasteiger partial charge in [0, 0.05) is 18.6 Å². The number of hydrogen-bond acceptors (Lipinski definition) is 4. The number of unbranched alkanes of at least 4 members (excludes halogenated alkanes) is 1. The highest BCUT2D eigenvalue weighted by Crippen LogP contribution is 2.24. The second-order valence-corrected chi connectivity index (χ2v) is 7.26. The standard InChI is InChI=1S/C16H32N2O2/c1-5-6-11-18(14-9-7-13(17)8-10-14)20-15(19)12-16(2,3)4/h13-14H,5-12,17H2,1-4H3/t13-,14-. The first-order chi connectivity index (χ1) is 9.31. The molecule has 4 heteroatoms. The Morgan fingerprint density at radius 3 is 2.35 bits per heavy atom. The van der Waals surface area contributed by atoms with Crippen LogP contribution >= 0.6 is 0 Å². The molecule has 0 aromatic rings. The predicted molar refractivity (Wildman–Crippen MR) is 82.0 cm³/mol. The molecule has 2 N–H and O–H groups in total. The number of carbonyl (C=O) groups excluding carboxylic acids is 1. The Morgan fingerprint density at radius 1 is 1.25 bits per heavy atom. The van der Waals surface area contributed by atoms with Gasteiger partial charge in [-0.15, -0.1) is 5.06 Å². The summed E-state index contributed by atoms with van der Waals surface area (Å²) >= 11 is 0. The maximum Gasteiger partial charge on any atom is 0.325 e. The molecule has 0 amide bonds. The molecule has 118 valence electrons. The summed E-state index contributed by atoms with van der Waals surface area (Å²) in [6.07, 6.45) is 6.77. The predicted octanol–water partition coefficient (Wildman–Crippen LogP) is 3.25. The first-order valence-corrected chi connectivity index (χ1v) is 8.05. The van der Waals surface area contributed by atoms with Gasteiger partial charge in [-0.2, -0.15) is 0 Å². The fraction of sp³-hybridized carbons (Fsp3) is 0.938. The Hall–Kier alpha value is -0.610. The molecule has 1 aliphatic rings. The van der Waals surface area contributed by atoms with Gasteiger partial charge in [0.15, 0.2) is 0 Å². The van der Waals surface area contributed by atoms with Gasteiger partial charge in [0.2, 0.25) is 0 Å². The molecule has 1 saturated carbocycles. The Morgan fingerprint density at radius 2 is 1.85 bits per heavy atom. The maximum atomic E-state index is 12.1. The van der Waals surface area contributed by atoms with Crippen LogP contribution in [0.25, 0.3) is 0 Å². The summed E-state index contributed by atoms with van der Waals surface area (Å²) in [5.74, 6) is -0.108. The minimum Gasteiger partial charge on any atom is -0.368 e. The van der Waals surface area contributed by atoms with Crippen LogP contribution < -0.4 is 5.73 Å². The lowest BCUT2D eigenvalue weighted by molar-refractivity contribution is -0.207. The van der Waals surface area contributed by atoms with Crippen LogP contribution in [0, 0.1) is 5.41 Å². The number of hydrogen-bond donors (Lipinski definition) is 1. The molecule has 1 rings (SSSR count). The second kappa shape index (κ2) is 7.99. The van der Waals surface area contributed by atoms with E-state index in [2.05, 4.69) is 27.7 Å². The molecule has 0 saturated heterocycles. The van der Waals surface area contributed by atoms with Crippen molar-refractivity contribution in [2.45, 2.75) is 84.7 Å². The number of nitrogens with zero attached hydrogens (tertiary/aromatic N) is 1. The van der Waals surface area contributed by atoms with E-state index in [1.54, 1.807) is 0 Å². The minimum atomic E-state index is -0.108. The van der Waals surface area contributed by atoms with Crippen molar-refractivity contribution in [3.05, 3.63) is 0 Å². The second-order valence-electron chi connectivity index (χ2n) is 7.26. The first-order valence-electron chi connectivity index (χ1n) is 8.05. The zero-order valence-electron chi connectivity index (χ0n) is 13.7. The minimum absolute atomic E-state index is 0.0254. The van der Waals surface area contributed by atoms with E-state index in [1.165, 1.54) is 0 Å². The molecule has 20 heavy (non-hydrogen) atoms. The van der Waals surface area contributed by atoms with Crippen LogP contribution in [0.3, 0.4) is 0 Å². The van der Waals surface area contributed by atoms with Gasteiger partial charge in [0.1, 0.15) is 0 Å². The van der Waals surface area contributed by atoms with Crippen molar-refractivity contribution < 1.29 is 9.63 Å². The molecular formula is C16H32N2O2. The van der Waals surface area contributed by atoms with Crippen molar-refractivity contribution in [3.8, 4) is 0 Å². The summed E-state index contributed by atoms with van der Waals surface area (Å²) in [6, 6.07) is 0.676. The molecule has 1 fully saturated rings. The molecule has 0 heterocycles. The maximum absolute atomic E-state index is 12.1. The van der Waals surface area contributed by atoms with Crippen LogP contribution in [0.5, 0.6) is 0 Å². The lowest BCUT2D eigenvalue weighted by Gasteiger charge is -2.34. The van der Waals surface area contributed by atoms with Gasteiger partial charge >= 0.3 is 5.97 Å². The van der Waals surface area contributed by atoms with Crippen molar-refractivity contribution in [2.24, 2.45) is 11.1 Å². The molecule has 0 aromatic heterocycles. The summed E-state index contributed by atoms with van der Waals surface area (Å²) < 4.78 is 0. The number of hydroxylamine groups is 2. The lowest BCUT2D eigenvalue weighted by Crippen LogP contribution is -2.42. The van der Waals surface area contributed by atoms with E-state index in [9.17, 15) is 4.79 Å². The Bertz CT molecular complexity index is 291. The van der Waals surface area contributed by atoms with Gasteiger partial charge in [-0.05, 0) is 37.5 Å². The SMILES string of the molecule is CCCCN(OC(=O)CC(C)(C)C)[C@H]1CC[C@H](N)CC1. The summed E-state index contributed by atoms with van der Waals surface area (Å²) in [6.45, 7) is 9.18. The van der Waals surface area contributed by atoms with Crippen LogP contribution in [-0.4, -0.2) is 29.7 Å². The van der Waals surface area contributed by atoms with Crippen molar-refractivity contribution in [1.29, 1.82) is 0 Å². The van der Waals surface area contributed by atoms with Gasteiger partial charge in [-0.25, -0.2) is 0 Å². The molecule has 0 bridgehead atoms. The van der Waals surface area contributed by atoms with Gasteiger partial charge in [0.05, 0.1) is 6.42 Å². The average molecular weight is 284 g/mol. The third-order valence-corrected chi connectivity index (χ3v) is 3.77. The molecule has 0 aliphatic heterocycles. The third-order valence-electron chi connectivity index (χ3n) is 3.77. The smallest absolute Gasteiger partial charge is 0.325 e. The van der Waals surface area contributed by atoms with Crippen LogP contribution in [0.1, 0.15) is 72.6 Å². The molecule has 0 aromatic carbocycles. The monoisotopic (exact) mass is 284 g/mol. The van der Waals surface area contributed by atoms with Gasteiger partial charge in [-0.1, -0.05) is 34.1 Å². The molecule has 0 spiro atoms. The fourth-order valence-corrected chi connectivity index (χ4v) is 2.60. The van der Waals surface area contributed by atoms with Gasteiger partial charge in [0.25, 0.3) is 0 Å². The zero-order chi connectivity index (χ0) is 15.2. The normalized spacial score (nSPS) is 23.9. The highest BCUT2D eigenvalue weighted by atomic mass is 16.7. The van der Waals surface area contributed by atoms with E-state index in [0.717, 1.165) is 45.1 Å². The Balaban J connectivity index is 2.53. The fourth-order valence-electron chi connectivity index (χ4n) is 2.60. The average Bonchev–Trinajstić information content (AvgIpc) is 2.33. The summed E-state index contributed by atoms with van der Waals surface area (Å²) in [5, 5.41) is 1.93. The van der Waals surface area contributed by atoms with E-state index in [4.69, 9.17) is 10.6 Å². The van der Waals surface area contributed by atoms with Gasteiger partial charge < -0.3 is 10.6 Å². The van der Waals surface area contributed by atoms with E-state index in [1.807, 2.05) is 5.06 Å². The lowest BCUT2D eigenvalue weighted by atomic mass is 9.91. The Labute approximate surface area is 124 Å². The van der Waals surface area contributed by atoms with Crippen LogP contribution in [0.2, 0.25) is 0 Å². The largest absolute Gasteiger partial charge is 0.368 e. The van der Waals surface area contributed by atoms with Crippen LogP contribution in [0.4, 0.5) is 0 Å². The van der Waals surface area contributed by atoms with Gasteiger partial charge in [-0.3, -0.25) is 4.79 Å². The van der Waals surface area contributed by atoms with Crippen molar-refractivity contribution >= 4 is 5.97 Å². The van der Waals surface area contributed by atoms with E-state index in [-0.39, 0.29) is 11.4 Å². The molecule has 0 atom stereocenters. The van der Waals surface area contributed by atoms with Crippen LogP contribution in [0.15, 0.2) is 0 Å². The highest BCUT2D eigenvalue weighted by molar-refractivity contribution is 5.69. The molecular weight excluding hydrogens is 252 g/mol. The van der Waals surface area contributed by atoms with E-state index >= 15 is 0 Å². The first kappa shape index (κ1) is 17.4. The van der Waals surface area contributed by atoms with Crippen LogP contribution in [-0.2, 0) is 9.63 Å². The molecule has 4 nitrogen and oxygen atoms in total. The Kier molecular flexibility index (Phi) is 6.96. The van der Waals surface area contributed by atoms with Crippen molar-refractivity contribution in [3.63, 3.8) is 0 Å². The van der Waals surface area contributed by atoms with E-state index in [0.29, 0.717) is 18.5 Å². The quantitative estimate of drug-likeness (QED) is 0.761. The molecule has 0 radical (unpaired) electrons. The van der Waals surface area contributed by atoms with Crippen molar-refractivity contribution in [1.82, 2.24) is 5.06 Å². The number of nitrogens with two attached hydrogens (primary N) is 1. The van der Waals surface area contributed by atoms with E-state index < -0.39 is 0 Å². The third kappa shape index (κ3) is 6.71. The summed E-state index contributed by atoms with van der Waals surface area (Å²) in [7, 11) is 0. The summed E-state index contributed by atoms with van der Waals surface area (Å²) in [5.41, 5.74) is 5.93.